The molecule has 0 bridgehead atoms. The highest BCUT2D eigenvalue weighted by atomic mass is 16.5. The SMILES string of the molecule is Cn1nncc1C(C)(O)CC1COCCN1. The van der Waals surface area contributed by atoms with Crippen LogP contribution in [-0.4, -0.2) is 45.9 Å². The minimum absolute atomic E-state index is 0.179. The lowest BCUT2D eigenvalue weighted by molar-refractivity contribution is -0.00179. The molecule has 16 heavy (non-hydrogen) atoms. The second-order valence-electron chi connectivity index (χ2n) is 4.45. The van der Waals surface area contributed by atoms with Gasteiger partial charge in [-0.1, -0.05) is 5.21 Å². The number of hydrogen-bond donors (Lipinski definition) is 2. The Labute approximate surface area is 94.6 Å². The molecule has 2 rings (SSSR count). The van der Waals surface area contributed by atoms with Gasteiger partial charge in [-0.05, 0) is 13.3 Å². The Bertz CT molecular complexity index is 344. The van der Waals surface area contributed by atoms with E-state index in [0.717, 1.165) is 18.8 Å². The molecule has 2 heterocycles. The van der Waals surface area contributed by atoms with Crippen LogP contribution < -0.4 is 5.32 Å². The summed E-state index contributed by atoms with van der Waals surface area (Å²) in [7, 11) is 1.78. The maximum Gasteiger partial charge on any atom is 0.107 e. The number of aliphatic hydroxyl groups is 1. The number of nitrogens with one attached hydrogen (secondary N) is 1. The molecule has 0 aromatic carbocycles. The highest BCUT2D eigenvalue weighted by Crippen LogP contribution is 2.25. The third kappa shape index (κ3) is 2.40. The number of nitrogens with zero attached hydrogens (tertiary/aromatic N) is 3. The quantitative estimate of drug-likeness (QED) is 0.720. The number of aromatic nitrogens is 3. The van der Waals surface area contributed by atoms with E-state index in [1.807, 2.05) is 0 Å². The van der Waals surface area contributed by atoms with Crippen molar-refractivity contribution in [3.63, 3.8) is 0 Å². The molecule has 1 aromatic heterocycles. The Morgan fingerprint density at radius 1 is 1.75 bits per heavy atom. The summed E-state index contributed by atoms with van der Waals surface area (Å²) >= 11 is 0. The average Bonchev–Trinajstić information content (AvgIpc) is 2.66. The smallest absolute Gasteiger partial charge is 0.107 e. The predicted octanol–water partition coefficient (Wildman–Crippen LogP) is -0.599. The van der Waals surface area contributed by atoms with Gasteiger partial charge in [-0.2, -0.15) is 0 Å². The van der Waals surface area contributed by atoms with E-state index in [9.17, 15) is 5.11 Å². The molecule has 90 valence electrons. The summed E-state index contributed by atoms with van der Waals surface area (Å²) < 4.78 is 6.96. The average molecular weight is 226 g/mol. The van der Waals surface area contributed by atoms with Gasteiger partial charge < -0.3 is 15.2 Å². The van der Waals surface area contributed by atoms with E-state index in [1.54, 1.807) is 24.9 Å². The summed E-state index contributed by atoms with van der Waals surface area (Å²) in [6.45, 7) is 4.00. The molecule has 1 fully saturated rings. The zero-order valence-electron chi connectivity index (χ0n) is 9.68. The van der Waals surface area contributed by atoms with Crippen LogP contribution in [0, 0.1) is 0 Å². The first kappa shape index (κ1) is 11.5. The number of hydrogen-bond acceptors (Lipinski definition) is 5. The van der Waals surface area contributed by atoms with Gasteiger partial charge in [-0.15, -0.1) is 5.10 Å². The summed E-state index contributed by atoms with van der Waals surface area (Å²) in [5, 5.41) is 21.3. The van der Waals surface area contributed by atoms with Crippen LogP contribution in [0.25, 0.3) is 0 Å². The molecular weight excluding hydrogens is 208 g/mol. The molecule has 2 N–H and O–H groups in total. The Hall–Kier alpha value is -0.980. The van der Waals surface area contributed by atoms with E-state index in [-0.39, 0.29) is 6.04 Å². The van der Waals surface area contributed by atoms with Crippen LogP contribution >= 0.6 is 0 Å². The second kappa shape index (κ2) is 4.48. The number of morpholine rings is 1. The van der Waals surface area contributed by atoms with E-state index in [2.05, 4.69) is 15.6 Å². The minimum atomic E-state index is -0.934. The maximum absolute atomic E-state index is 10.4. The van der Waals surface area contributed by atoms with Crippen molar-refractivity contribution in [3.8, 4) is 0 Å². The molecule has 6 heteroatoms. The van der Waals surface area contributed by atoms with Gasteiger partial charge in [0.25, 0.3) is 0 Å². The van der Waals surface area contributed by atoms with Crippen molar-refractivity contribution in [2.45, 2.75) is 25.0 Å². The van der Waals surface area contributed by atoms with Crippen LogP contribution in [0.5, 0.6) is 0 Å². The Morgan fingerprint density at radius 3 is 3.12 bits per heavy atom. The molecule has 0 amide bonds. The van der Waals surface area contributed by atoms with Gasteiger partial charge in [0, 0.05) is 19.6 Å². The first-order valence-electron chi connectivity index (χ1n) is 5.48. The molecule has 0 saturated carbocycles. The van der Waals surface area contributed by atoms with E-state index >= 15 is 0 Å². The molecule has 2 atom stereocenters. The van der Waals surface area contributed by atoms with Gasteiger partial charge in [-0.25, -0.2) is 4.68 Å². The fraction of sp³-hybridized carbons (Fsp3) is 0.800. The number of aryl methyl sites for hydroxylation is 1. The fourth-order valence-electron chi connectivity index (χ4n) is 2.11. The predicted molar refractivity (Wildman–Crippen MR) is 57.8 cm³/mol. The highest BCUT2D eigenvalue weighted by Gasteiger charge is 2.31. The molecule has 1 aliphatic rings. The monoisotopic (exact) mass is 226 g/mol. The molecular formula is C10H18N4O2. The lowest BCUT2D eigenvalue weighted by atomic mass is 9.93. The van der Waals surface area contributed by atoms with Gasteiger partial charge in [0.1, 0.15) is 5.60 Å². The van der Waals surface area contributed by atoms with Crippen LogP contribution in [0.3, 0.4) is 0 Å². The summed E-state index contributed by atoms with van der Waals surface area (Å²) in [5.74, 6) is 0. The molecule has 0 radical (unpaired) electrons. The van der Waals surface area contributed by atoms with Crippen molar-refractivity contribution < 1.29 is 9.84 Å². The van der Waals surface area contributed by atoms with Crippen LogP contribution in [0.2, 0.25) is 0 Å². The van der Waals surface area contributed by atoms with Crippen LogP contribution in [0.15, 0.2) is 6.20 Å². The third-order valence-corrected chi connectivity index (χ3v) is 2.91. The van der Waals surface area contributed by atoms with Gasteiger partial charge in [0.05, 0.1) is 25.1 Å². The van der Waals surface area contributed by atoms with Crippen LogP contribution in [0.1, 0.15) is 19.0 Å². The molecule has 1 aromatic rings. The van der Waals surface area contributed by atoms with Crippen molar-refractivity contribution in [2.24, 2.45) is 7.05 Å². The molecule has 0 spiro atoms. The minimum Gasteiger partial charge on any atom is -0.384 e. The first-order valence-corrected chi connectivity index (χ1v) is 5.48. The van der Waals surface area contributed by atoms with E-state index in [0.29, 0.717) is 13.0 Å². The normalized spacial score (nSPS) is 25.3. The summed E-state index contributed by atoms with van der Waals surface area (Å²) in [6, 6.07) is 0.179. The topological polar surface area (TPSA) is 72.2 Å². The fourth-order valence-corrected chi connectivity index (χ4v) is 2.11. The Morgan fingerprint density at radius 2 is 2.56 bits per heavy atom. The summed E-state index contributed by atoms with van der Waals surface area (Å²) in [4.78, 5) is 0. The molecule has 6 nitrogen and oxygen atoms in total. The maximum atomic E-state index is 10.4. The molecule has 1 saturated heterocycles. The van der Waals surface area contributed by atoms with E-state index < -0.39 is 5.60 Å². The number of ether oxygens (including phenoxy) is 1. The highest BCUT2D eigenvalue weighted by molar-refractivity contribution is 5.07. The third-order valence-electron chi connectivity index (χ3n) is 2.91. The molecule has 1 aliphatic heterocycles. The van der Waals surface area contributed by atoms with Gasteiger partial charge in [0.2, 0.25) is 0 Å². The van der Waals surface area contributed by atoms with Crippen molar-refractivity contribution in [1.29, 1.82) is 0 Å². The Kier molecular flexibility index (Phi) is 3.22. The lowest BCUT2D eigenvalue weighted by Gasteiger charge is -2.31. The van der Waals surface area contributed by atoms with E-state index in [1.165, 1.54) is 0 Å². The van der Waals surface area contributed by atoms with Gasteiger partial charge >= 0.3 is 0 Å². The zero-order valence-corrected chi connectivity index (χ0v) is 9.68. The lowest BCUT2D eigenvalue weighted by Crippen LogP contribution is -2.45. The van der Waals surface area contributed by atoms with Gasteiger partial charge in [0.15, 0.2) is 0 Å². The standard InChI is InChI=1S/C10H18N4O2/c1-10(15,9-6-12-13-14(9)2)5-8-7-16-4-3-11-8/h6,8,11,15H,3-5,7H2,1-2H3. The number of rotatable bonds is 3. The largest absolute Gasteiger partial charge is 0.384 e. The summed E-state index contributed by atoms with van der Waals surface area (Å²) in [6.07, 6.45) is 2.19. The summed E-state index contributed by atoms with van der Waals surface area (Å²) in [5.41, 5.74) is -0.212. The van der Waals surface area contributed by atoms with Crippen LogP contribution in [0.4, 0.5) is 0 Å². The Balaban J connectivity index is 2.04. The molecule has 0 aliphatic carbocycles. The van der Waals surface area contributed by atoms with Crippen molar-refractivity contribution in [1.82, 2.24) is 20.3 Å². The van der Waals surface area contributed by atoms with E-state index in [4.69, 9.17) is 4.74 Å². The van der Waals surface area contributed by atoms with Gasteiger partial charge in [-0.3, -0.25) is 0 Å². The van der Waals surface area contributed by atoms with Crippen molar-refractivity contribution >= 4 is 0 Å². The van der Waals surface area contributed by atoms with Crippen LogP contribution in [-0.2, 0) is 17.4 Å². The van der Waals surface area contributed by atoms with Crippen molar-refractivity contribution in [2.75, 3.05) is 19.8 Å². The second-order valence-corrected chi connectivity index (χ2v) is 4.45. The first-order chi connectivity index (χ1) is 7.59. The molecule has 2 unspecified atom stereocenters. The van der Waals surface area contributed by atoms with Crippen molar-refractivity contribution in [3.05, 3.63) is 11.9 Å². The zero-order chi connectivity index (χ0) is 11.6.